The Hall–Kier alpha value is -3.14. The molecule has 27 heavy (non-hydrogen) atoms. The molecule has 1 aromatic heterocycles. The van der Waals surface area contributed by atoms with Crippen LogP contribution in [-0.2, 0) is 16.2 Å². The van der Waals surface area contributed by atoms with E-state index in [0.29, 0.717) is 17.9 Å². The van der Waals surface area contributed by atoms with Crippen molar-refractivity contribution in [1.82, 2.24) is 9.97 Å². The van der Waals surface area contributed by atoms with Crippen molar-refractivity contribution >= 4 is 15.7 Å². The number of anilines is 1. The highest BCUT2D eigenvalue weighted by atomic mass is 32.2. The van der Waals surface area contributed by atoms with Crippen molar-refractivity contribution in [2.75, 3.05) is 4.72 Å². The highest BCUT2D eigenvalue weighted by Gasteiger charge is 2.30. The zero-order valence-electron chi connectivity index (χ0n) is 13.5. The number of nitrogens with one attached hydrogen (secondary N) is 1. The van der Waals surface area contributed by atoms with Gasteiger partial charge in [-0.25, -0.2) is 18.4 Å². The smallest absolute Gasteiger partial charge is 0.416 e. The van der Waals surface area contributed by atoms with Crippen LogP contribution >= 0.6 is 0 Å². The molecule has 1 heterocycles. The molecule has 0 saturated heterocycles. The van der Waals surface area contributed by atoms with E-state index in [1.807, 2.05) is 6.07 Å². The second kappa shape index (κ2) is 7.23. The van der Waals surface area contributed by atoms with Crippen LogP contribution in [0.25, 0.3) is 0 Å². The van der Waals surface area contributed by atoms with Crippen LogP contribution in [0.15, 0.2) is 71.9 Å². The van der Waals surface area contributed by atoms with Crippen molar-refractivity contribution in [3.63, 3.8) is 0 Å². The van der Waals surface area contributed by atoms with E-state index >= 15 is 0 Å². The van der Waals surface area contributed by atoms with Gasteiger partial charge >= 0.3 is 12.2 Å². The summed E-state index contributed by atoms with van der Waals surface area (Å²) >= 11 is 0. The molecule has 2 aromatic carbocycles. The normalized spacial score (nSPS) is 11.8. The van der Waals surface area contributed by atoms with Crippen LogP contribution in [0.4, 0.5) is 18.9 Å². The predicted molar refractivity (Wildman–Crippen MR) is 90.8 cm³/mol. The van der Waals surface area contributed by atoms with Crippen molar-refractivity contribution in [2.24, 2.45) is 0 Å². The molecule has 0 radical (unpaired) electrons. The Kier molecular flexibility index (Phi) is 5.00. The first-order valence-corrected chi connectivity index (χ1v) is 8.97. The van der Waals surface area contributed by atoms with Gasteiger partial charge in [-0.1, -0.05) is 18.2 Å². The van der Waals surface area contributed by atoms with E-state index in [-0.39, 0.29) is 16.6 Å². The summed E-state index contributed by atoms with van der Waals surface area (Å²) in [5.74, 6) is 0.510. The number of hydrogen-bond acceptors (Lipinski definition) is 5. The third-order valence-corrected chi connectivity index (χ3v) is 4.72. The number of nitrogens with zero attached hydrogens (tertiary/aromatic N) is 2. The maximum Gasteiger partial charge on any atom is 0.416 e. The summed E-state index contributed by atoms with van der Waals surface area (Å²) < 4.78 is 69.8. The molecule has 0 amide bonds. The lowest BCUT2D eigenvalue weighted by Crippen LogP contribution is -2.14. The van der Waals surface area contributed by atoms with Gasteiger partial charge in [0.1, 0.15) is 5.75 Å². The molecule has 1 N–H and O–H groups in total. The predicted octanol–water partition coefficient (Wildman–Crippen LogP) is 4.09. The van der Waals surface area contributed by atoms with Crippen molar-refractivity contribution < 1.29 is 26.3 Å². The average Bonchev–Trinajstić information content (AvgIpc) is 2.63. The third-order valence-electron chi connectivity index (χ3n) is 3.32. The maximum absolute atomic E-state index is 12.6. The summed E-state index contributed by atoms with van der Waals surface area (Å²) in [6, 6.07) is 11.9. The Bertz CT molecular complexity index is 1010. The first-order valence-electron chi connectivity index (χ1n) is 7.49. The quantitative estimate of drug-likeness (QED) is 0.704. The Morgan fingerprint density at radius 2 is 1.48 bits per heavy atom. The number of alkyl halides is 3. The van der Waals surface area contributed by atoms with E-state index in [1.54, 1.807) is 24.3 Å². The first kappa shape index (κ1) is 18.6. The molecule has 0 aliphatic heterocycles. The summed E-state index contributed by atoms with van der Waals surface area (Å²) in [4.78, 5) is 7.46. The van der Waals surface area contributed by atoms with Crippen molar-refractivity contribution in [2.45, 2.75) is 11.1 Å². The molecule has 10 heteroatoms. The summed E-state index contributed by atoms with van der Waals surface area (Å²) in [6.45, 7) is 0. The van der Waals surface area contributed by atoms with Gasteiger partial charge in [0.15, 0.2) is 0 Å². The highest BCUT2D eigenvalue weighted by molar-refractivity contribution is 7.92. The summed E-state index contributed by atoms with van der Waals surface area (Å²) in [5.41, 5.74) is -0.900. The number of hydrogen-bond donors (Lipinski definition) is 1. The largest absolute Gasteiger partial charge is 0.424 e. The molecule has 0 aliphatic carbocycles. The molecule has 0 aliphatic rings. The third kappa shape index (κ3) is 4.73. The molecule has 0 saturated carbocycles. The minimum atomic E-state index is -4.54. The molecule has 3 aromatic rings. The van der Waals surface area contributed by atoms with Gasteiger partial charge in [0.2, 0.25) is 0 Å². The van der Waals surface area contributed by atoms with E-state index < -0.39 is 21.8 Å². The zero-order valence-corrected chi connectivity index (χ0v) is 14.3. The van der Waals surface area contributed by atoms with Gasteiger partial charge in [0.05, 0.1) is 28.5 Å². The van der Waals surface area contributed by atoms with Crippen LogP contribution in [0, 0.1) is 0 Å². The van der Waals surface area contributed by atoms with Crippen LogP contribution in [-0.4, -0.2) is 18.4 Å². The number of para-hydroxylation sites is 1. The Morgan fingerprint density at radius 3 is 2.04 bits per heavy atom. The fourth-order valence-electron chi connectivity index (χ4n) is 2.05. The summed E-state index contributed by atoms with van der Waals surface area (Å²) in [5, 5.41) is 0. The lowest BCUT2D eigenvalue weighted by atomic mass is 10.2. The molecule has 3 rings (SSSR count). The number of benzene rings is 2. The molecule has 140 valence electrons. The highest BCUT2D eigenvalue weighted by Crippen LogP contribution is 2.30. The molecular weight excluding hydrogens is 383 g/mol. The number of sulfonamides is 1. The van der Waals surface area contributed by atoms with Gasteiger partial charge in [-0.05, 0) is 36.4 Å². The molecule has 0 bridgehead atoms. The SMILES string of the molecule is O=S(=O)(Nc1cnc(Oc2ccccc2)nc1)c1ccc(C(F)(F)F)cc1. The van der Waals surface area contributed by atoms with Crippen molar-refractivity contribution in [3.05, 3.63) is 72.6 Å². The number of aromatic nitrogens is 2. The Morgan fingerprint density at radius 1 is 0.889 bits per heavy atom. The minimum absolute atomic E-state index is 0.0127. The van der Waals surface area contributed by atoms with E-state index in [9.17, 15) is 21.6 Å². The van der Waals surface area contributed by atoms with Gasteiger partial charge in [0, 0.05) is 0 Å². The molecular formula is C17H12F3N3O3S. The van der Waals surface area contributed by atoms with Crippen molar-refractivity contribution in [1.29, 1.82) is 0 Å². The molecule has 0 spiro atoms. The van der Waals surface area contributed by atoms with E-state index in [1.165, 1.54) is 12.4 Å². The second-order valence-electron chi connectivity index (χ2n) is 5.30. The summed E-state index contributed by atoms with van der Waals surface area (Å²) in [7, 11) is -4.09. The second-order valence-corrected chi connectivity index (χ2v) is 6.98. The van der Waals surface area contributed by atoms with Crippen LogP contribution < -0.4 is 9.46 Å². The molecule has 0 fully saturated rings. The van der Waals surface area contributed by atoms with Crippen LogP contribution in [0.2, 0.25) is 0 Å². The van der Waals surface area contributed by atoms with E-state index in [4.69, 9.17) is 4.74 Å². The lowest BCUT2D eigenvalue weighted by Gasteiger charge is -2.10. The first-order chi connectivity index (χ1) is 12.7. The van der Waals surface area contributed by atoms with Gasteiger partial charge in [-0.2, -0.15) is 13.2 Å². The molecule has 6 nitrogen and oxygen atoms in total. The van der Waals surface area contributed by atoms with Crippen LogP contribution in [0.1, 0.15) is 5.56 Å². The van der Waals surface area contributed by atoms with Gasteiger partial charge in [-0.15, -0.1) is 0 Å². The minimum Gasteiger partial charge on any atom is -0.424 e. The van der Waals surface area contributed by atoms with Gasteiger partial charge < -0.3 is 4.74 Å². The average molecular weight is 395 g/mol. The Labute approximate surface area is 152 Å². The fraction of sp³-hybridized carbons (Fsp3) is 0.0588. The standard InChI is InChI=1S/C17H12F3N3O3S/c18-17(19,20)12-6-8-15(9-7-12)27(24,25)23-13-10-21-16(22-11-13)26-14-4-2-1-3-5-14/h1-11,23H. The van der Waals surface area contributed by atoms with Crippen LogP contribution in [0.3, 0.4) is 0 Å². The summed E-state index contributed by atoms with van der Waals surface area (Å²) in [6.07, 6.45) is -2.17. The van der Waals surface area contributed by atoms with E-state index in [2.05, 4.69) is 14.7 Å². The maximum atomic E-state index is 12.6. The fourth-order valence-corrected chi connectivity index (χ4v) is 3.08. The molecule has 0 unspecified atom stereocenters. The van der Waals surface area contributed by atoms with Gasteiger partial charge in [-0.3, -0.25) is 4.72 Å². The lowest BCUT2D eigenvalue weighted by molar-refractivity contribution is -0.137. The van der Waals surface area contributed by atoms with Crippen LogP contribution in [0.5, 0.6) is 11.8 Å². The zero-order chi connectivity index (χ0) is 19.5. The van der Waals surface area contributed by atoms with Gasteiger partial charge in [0.25, 0.3) is 10.0 Å². The monoisotopic (exact) mass is 395 g/mol. The topological polar surface area (TPSA) is 81.2 Å². The number of halogens is 3. The number of ether oxygens (including phenoxy) is 1. The Balaban J connectivity index is 1.72. The van der Waals surface area contributed by atoms with Crippen molar-refractivity contribution in [3.8, 4) is 11.8 Å². The number of rotatable bonds is 5. The molecule has 0 atom stereocenters. The van der Waals surface area contributed by atoms with E-state index in [0.717, 1.165) is 12.1 Å².